The Morgan fingerprint density at radius 2 is 1.67 bits per heavy atom. The van der Waals surface area contributed by atoms with Crippen LogP contribution in [0.15, 0.2) is 18.2 Å². The molecule has 0 aliphatic heterocycles. The van der Waals surface area contributed by atoms with Crippen molar-refractivity contribution in [3.05, 3.63) is 39.1 Å². The summed E-state index contributed by atoms with van der Waals surface area (Å²) in [5, 5.41) is 2.94. The van der Waals surface area contributed by atoms with E-state index >= 15 is 0 Å². The van der Waals surface area contributed by atoms with Crippen LogP contribution in [0.1, 0.15) is 25.7 Å². The summed E-state index contributed by atoms with van der Waals surface area (Å²) in [7, 11) is 3.16. The molecule has 0 radical (unpaired) electrons. The zero-order chi connectivity index (χ0) is 15.6. The monoisotopic (exact) mass is 305 g/mol. The van der Waals surface area contributed by atoms with Crippen molar-refractivity contribution >= 4 is 22.9 Å². The molecule has 5 heteroatoms. The van der Waals surface area contributed by atoms with Crippen LogP contribution in [0.25, 0.3) is 0 Å². The number of anilines is 1. The Morgan fingerprint density at radius 1 is 1.05 bits per heavy atom. The molecule has 1 N–H and O–H groups in total. The van der Waals surface area contributed by atoms with Crippen LogP contribution >= 0.6 is 11.3 Å². The summed E-state index contributed by atoms with van der Waals surface area (Å²) in [5.41, 5.74) is 2.36. The Morgan fingerprint density at radius 3 is 2.19 bits per heavy atom. The number of amides is 1. The highest BCUT2D eigenvalue weighted by molar-refractivity contribution is 7.12. The smallest absolute Gasteiger partial charge is 0.256 e. The van der Waals surface area contributed by atoms with Crippen LogP contribution in [0.5, 0.6) is 11.5 Å². The molecule has 0 unspecified atom stereocenters. The lowest BCUT2D eigenvalue weighted by Gasteiger charge is -2.13. The van der Waals surface area contributed by atoms with Gasteiger partial charge in [-0.2, -0.15) is 0 Å². The van der Waals surface area contributed by atoms with E-state index in [1.165, 1.54) is 0 Å². The van der Waals surface area contributed by atoms with Crippen LogP contribution in [0.2, 0.25) is 0 Å². The molecular formula is C16H19NO3S. The van der Waals surface area contributed by atoms with Crippen molar-refractivity contribution in [2.45, 2.75) is 20.8 Å². The first kappa shape index (κ1) is 15.4. The van der Waals surface area contributed by atoms with Gasteiger partial charge in [0.25, 0.3) is 5.91 Å². The minimum absolute atomic E-state index is 0.104. The molecule has 0 aliphatic rings. The molecule has 0 saturated heterocycles. The summed E-state index contributed by atoms with van der Waals surface area (Å²) in [4.78, 5) is 14.5. The predicted molar refractivity (Wildman–Crippen MR) is 86.0 cm³/mol. The second-order valence-corrected chi connectivity index (χ2v) is 6.26. The van der Waals surface area contributed by atoms with Gasteiger partial charge >= 0.3 is 0 Å². The van der Waals surface area contributed by atoms with E-state index < -0.39 is 0 Å². The fourth-order valence-corrected chi connectivity index (χ4v) is 3.08. The first-order valence-corrected chi connectivity index (χ1v) is 7.39. The van der Waals surface area contributed by atoms with E-state index in [0.717, 1.165) is 21.0 Å². The molecule has 0 fully saturated rings. The Kier molecular flexibility index (Phi) is 4.53. The van der Waals surface area contributed by atoms with Crippen LogP contribution < -0.4 is 14.8 Å². The van der Waals surface area contributed by atoms with Crippen LogP contribution in [0.4, 0.5) is 5.69 Å². The fraction of sp³-hybridized carbons (Fsp3) is 0.312. The quantitative estimate of drug-likeness (QED) is 0.930. The summed E-state index contributed by atoms with van der Waals surface area (Å²) in [6.45, 7) is 5.87. The van der Waals surface area contributed by atoms with Gasteiger partial charge in [0.2, 0.25) is 0 Å². The first-order chi connectivity index (χ1) is 9.96. The molecule has 112 valence electrons. The number of ether oxygens (including phenoxy) is 2. The lowest BCUT2D eigenvalue weighted by molar-refractivity contribution is 0.102. The van der Waals surface area contributed by atoms with Crippen molar-refractivity contribution in [2.75, 3.05) is 19.5 Å². The van der Waals surface area contributed by atoms with E-state index in [9.17, 15) is 4.79 Å². The Balaban J connectivity index is 2.31. The molecule has 1 amide bonds. The van der Waals surface area contributed by atoms with Gasteiger partial charge < -0.3 is 14.8 Å². The average molecular weight is 305 g/mol. The fourth-order valence-electron chi connectivity index (χ4n) is 2.16. The molecule has 0 saturated carbocycles. The number of aryl methyl sites for hydroxylation is 3. The van der Waals surface area contributed by atoms with Crippen molar-refractivity contribution in [1.29, 1.82) is 0 Å². The molecular weight excluding hydrogens is 286 g/mol. The van der Waals surface area contributed by atoms with Crippen LogP contribution in [0.3, 0.4) is 0 Å². The maximum Gasteiger partial charge on any atom is 0.256 e. The van der Waals surface area contributed by atoms with E-state index in [2.05, 4.69) is 5.32 Å². The third-order valence-corrected chi connectivity index (χ3v) is 4.23. The minimum atomic E-state index is -0.104. The van der Waals surface area contributed by atoms with Gasteiger partial charge in [0.15, 0.2) is 11.5 Å². The normalized spacial score (nSPS) is 10.3. The van der Waals surface area contributed by atoms with E-state index in [1.54, 1.807) is 31.6 Å². The van der Waals surface area contributed by atoms with Crippen molar-refractivity contribution in [3.63, 3.8) is 0 Å². The second kappa shape index (κ2) is 6.18. The van der Waals surface area contributed by atoms with Gasteiger partial charge in [-0.1, -0.05) is 0 Å². The maximum absolute atomic E-state index is 12.4. The SMILES string of the molecule is COc1cc(C)c(NC(=O)c2cc(C)sc2C)cc1OC. The molecule has 2 rings (SSSR count). The van der Waals surface area contributed by atoms with E-state index in [1.807, 2.05) is 32.9 Å². The summed E-state index contributed by atoms with van der Waals surface area (Å²) in [5.74, 6) is 1.14. The average Bonchev–Trinajstić information content (AvgIpc) is 2.79. The summed E-state index contributed by atoms with van der Waals surface area (Å²) >= 11 is 1.62. The number of carbonyl (C=O) groups excluding carboxylic acids is 1. The molecule has 0 atom stereocenters. The number of methoxy groups -OCH3 is 2. The second-order valence-electron chi connectivity index (χ2n) is 4.80. The standard InChI is InChI=1S/C16H19NO3S/c1-9-6-14(19-4)15(20-5)8-13(9)17-16(18)12-7-10(2)21-11(12)3/h6-8H,1-5H3,(H,17,18). The minimum Gasteiger partial charge on any atom is -0.493 e. The number of rotatable bonds is 4. The number of benzene rings is 1. The zero-order valence-corrected chi connectivity index (χ0v) is 13.7. The lowest BCUT2D eigenvalue weighted by atomic mass is 10.1. The van der Waals surface area contributed by atoms with Gasteiger partial charge in [0.1, 0.15) is 0 Å². The van der Waals surface area contributed by atoms with Gasteiger partial charge in [0, 0.05) is 21.5 Å². The molecule has 1 aromatic carbocycles. The molecule has 2 aromatic rings. The largest absolute Gasteiger partial charge is 0.493 e. The third-order valence-electron chi connectivity index (χ3n) is 3.26. The zero-order valence-electron chi connectivity index (χ0n) is 12.9. The Hall–Kier alpha value is -2.01. The molecule has 1 heterocycles. The topological polar surface area (TPSA) is 47.6 Å². The van der Waals surface area contributed by atoms with Crippen LogP contribution in [0, 0.1) is 20.8 Å². The highest BCUT2D eigenvalue weighted by Gasteiger charge is 2.15. The molecule has 4 nitrogen and oxygen atoms in total. The Bertz CT molecular complexity index is 676. The highest BCUT2D eigenvalue weighted by atomic mass is 32.1. The van der Waals surface area contributed by atoms with Crippen molar-refractivity contribution in [1.82, 2.24) is 0 Å². The van der Waals surface area contributed by atoms with Gasteiger partial charge in [-0.05, 0) is 38.5 Å². The van der Waals surface area contributed by atoms with Crippen molar-refractivity contribution in [2.24, 2.45) is 0 Å². The third kappa shape index (κ3) is 3.19. The molecule has 0 bridgehead atoms. The lowest BCUT2D eigenvalue weighted by Crippen LogP contribution is -2.13. The summed E-state index contributed by atoms with van der Waals surface area (Å²) < 4.78 is 10.5. The van der Waals surface area contributed by atoms with Gasteiger partial charge in [-0.15, -0.1) is 11.3 Å². The molecule has 0 spiro atoms. The molecule has 1 aromatic heterocycles. The Labute approximate surface area is 128 Å². The van der Waals surface area contributed by atoms with Gasteiger partial charge in [0.05, 0.1) is 19.8 Å². The predicted octanol–water partition coefficient (Wildman–Crippen LogP) is 3.94. The van der Waals surface area contributed by atoms with Crippen molar-refractivity contribution < 1.29 is 14.3 Å². The first-order valence-electron chi connectivity index (χ1n) is 6.57. The summed E-state index contributed by atoms with van der Waals surface area (Å²) in [6.07, 6.45) is 0. The van der Waals surface area contributed by atoms with E-state index in [-0.39, 0.29) is 5.91 Å². The molecule has 21 heavy (non-hydrogen) atoms. The summed E-state index contributed by atoms with van der Waals surface area (Å²) in [6, 6.07) is 5.53. The number of nitrogens with one attached hydrogen (secondary N) is 1. The van der Waals surface area contributed by atoms with E-state index in [0.29, 0.717) is 17.1 Å². The number of carbonyl (C=O) groups is 1. The number of hydrogen-bond donors (Lipinski definition) is 1. The van der Waals surface area contributed by atoms with Crippen LogP contribution in [-0.2, 0) is 0 Å². The van der Waals surface area contributed by atoms with Crippen LogP contribution in [-0.4, -0.2) is 20.1 Å². The molecule has 0 aliphatic carbocycles. The highest BCUT2D eigenvalue weighted by Crippen LogP contribution is 2.33. The van der Waals surface area contributed by atoms with E-state index in [4.69, 9.17) is 9.47 Å². The van der Waals surface area contributed by atoms with Crippen molar-refractivity contribution in [3.8, 4) is 11.5 Å². The maximum atomic E-state index is 12.4. The van der Waals surface area contributed by atoms with Gasteiger partial charge in [-0.25, -0.2) is 0 Å². The van der Waals surface area contributed by atoms with Gasteiger partial charge in [-0.3, -0.25) is 4.79 Å². The number of hydrogen-bond acceptors (Lipinski definition) is 4. The number of thiophene rings is 1.